The fourth-order valence-electron chi connectivity index (χ4n) is 2.81. The largest absolute Gasteiger partial charge is 0.445 e. The van der Waals surface area contributed by atoms with Gasteiger partial charge in [-0.05, 0) is 39.7 Å². The maximum atomic E-state index is 12.5. The van der Waals surface area contributed by atoms with Crippen LogP contribution in [0.2, 0.25) is 0 Å². The molecule has 2 amide bonds. The number of carbonyl (C=O) groups is 3. The second-order valence-corrected chi connectivity index (χ2v) is 7.72. The summed E-state index contributed by atoms with van der Waals surface area (Å²) in [4.78, 5) is 38.2. The van der Waals surface area contributed by atoms with Crippen molar-refractivity contribution in [1.82, 2.24) is 10.2 Å². The predicted octanol–water partition coefficient (Wildman–Crippen LogP) is 3.27. The summed E-state index contributed by atoms with van der Waals surface area (Å²) in [6, 6.07) is 8.35. The molecule has 1 aromatic carbocycles. The van der Waals surface area contributed by atoms with Gasteiger partial charge in [0.05, 0.1) is 12.1 Å². The summed E-state index contributed by atoms with van der Waals surface area (Å²) in [5, 5.41) is 2.75. The van der Waals surface area contributed by atoms with Crippen LogP contribution in [0.3, 0.4) is 0 Å². The lowest BCUT2D eigenvalue weighted by Gasteiger charge is -2.28. The van der Waals surface area contributed by atoms with Crippen LogP contribution in [0.4, 0.5) is 9.59 Å². The van der Waals surface area contributed by atoms with Crippen molar-refractivity contribution >= 4 is 18.0 Å². The monoisotopic (exact) mass is 376 g/mol. The lowest BCUT2D eigenvalue weighted by atomic mass is 10.1. The van der Waals surface area contributed by atoms with E-state index in [9.17, 15) is 14.4 Å². The summed E-state index contributed by atoms with van der Waals surface area (Å²) in [5.41, 5.74) is 0.245. The SMILES string of the molecule is C[C@H]1C(=O)CC[C@H](NC(=O)OC(C)(C)C)CN1C(=O)OCc1ccccc1. The van der Waals surface area contributed by atoms with E-state index in [2.05, 4.69) is 5.32 Å². The van der Waals surface area contributed by atoms with Crippen molar-refractivity contribution in [1.29, 1.82) is 0 Å². The van der Waals surface area contributed by atoms with Crippen LogP contribution in [0, 0.1) is 0 Å². The van der Waals surface area contributed by atoms with Crippen molar-refractivity contribution in [3.8, 4) is 0 Å². The molecule has 7 nitrogen and oxygen atoms in total. The summed E-state index contributed by atoms with van der Waals surface area (Å²) in [7, 11) is 0. The lowest BCUT2D eigenvalue weighted by molar-refractivity contribution is -0.122. The van der Waals surface area contributed by atoms with E-state index in [4.69, 9.17) is 9.47 Å². The first-order valence-corrected chi connectivity index (χ1v) is 9.15. The van der Waals surface area contributed by atoms with Crippen LogP contribution in [-0.4, -0.2) is 47.1 Å². The Bertz CT molecular complexity index is 669. The molecule has 1 N–H and O–H groups in total. The van der Waals surface area contributed by atoms with E-state index in [-0.39, 0.29) is 31.4 Å². The van der Waals surface area contributed by atoms with Crippen LogP contribution in [0.25, 0.3) is 0 Å². The topological polar surface area (TPSA) is 84.9 Å². The summed E-state index contributed by atoms with van der Waals surface area (Å²) in [5.74, 6) is -0.0554. The number of likely N-dealkylation sites (tertiary alicyclic amines) is 1. The highest BCUT2D eigenvalue weighted by Crippen LogP contribution is 2.17. The predicted molar refractivity (Wildman–Crippen MR) is 100 cm³/mol. The van der Waals surface area contributed by atoms with Crippen molar-refractivity contribution in [2.45, 2.75) is 64.8 Å². The highest BCUT2D eigenvalue weighted by Gasteiger charge is 2.34. The van der Waals surface area contributed by atoms with E-state index < -0.39 is 23.8 Å². The number of ether oxygens (including phenoxy) is 2. The van der Waals surface area contributed by atoms with Gasteiger partial charge in [-0.1, -0.05) is 30.3 Å². The maximum Gasteiger partial charge on any atom is 0.410 e. The Morgan fingerprint density at radius 3 is 2.52 bits per heavy atom. The van der Waals surface area contributed by atoms with Crippen LogP contribution in [0.5, 0.6) is 0 Å². The molecule has 0 spiro atoms. The molecule has 0 saturated carbocycles. The number of Topliss-reactive ketones (excluding diaryl/α,β-unsaturated/α-hetero) is 1. The number of amides is 2. The number of hydrogen-bond donors (Lipinski definition) is 1. The molecular formula is C20H28N2O5. The zero-order valence-electron chi connectivity index (χ0n) is 16.4. The van der Waals surface area contributed by atoms with E-state index >= 15 is 0 Å². The lowest BCUT2D eigenvalue weighted by Crippen LogP contribution is -2.49. The van der Waals surface area contributed by atoms with Crippen LogP contribution in [-0.2, 0) is 20.9 Å². The zero-order chi connectivity index (χ0) is 20.0. The number of ketones is 1. The molecule has 1 aliphatic heterocycles. The average molecular weight is 376 g/mol. The molecule has 0 radical (unpaired) electrons. The Hall–Kier alpha value is -2.57. The van der Waals surface area contributed by atoms with Crippen molar-refractivity contribution in [2.24, 2.45) is 0 Å². The Kier molecular flexibility index (Phi) is 6.82. The van der Waals surface area contributed by atoms with Crippen LogP contribution >= 0.6 is 0 Å². The summed E-state index contributed by atoms with van der Waals surface area (Å²) >= 11 is 0. The van der Waals surface area contributed by atoms with Crippen LogP contribution in [0.1, 0.15) is 46.1 Å². The second kappa shape index (κ2) is 8.88. The Labute approximate surface area is 160 Å². The molecule has 1 saturated heterocycles. The summed E-state index contributed by atoms with van der Waals surface area (Å²) < 4.78 is 10.6. The van der Waals surface area contributed by atoms with Crippen LogP contribution in [0.15, 0.2) is 30.3 Å². The average Bonchev–Trinajstić information content (AvgIpc) is 2.72. The zero-order valence-corrected chi connectivity index (χ0v) is 16.4. The molecular weight excluding hydrogens is 348 g/mol. The first kappa shape index (κ1) is 20.7. The molecule has 1 aromatic rings. The first-order valence-electron chi connectivity index (χ1n) is 9.15. The molecule has 0 bridgehead atoms. The minimum atomic E-state index is -0.619. The van der Waals surface area contributed by atoms with Gasteiger partial charge in [0.2, 0.25) is 0 Å². The standard InChI is InChI=1S/C20H28N2O5/c1-14-17(23)11-10-16(21-18(24)27-20(2,3)4)12-22(14)19(25)26-13-15-8-6-5-7-9-15/h5-9,14,16H,10-13H2,1-4H3,(H,21,24)/t14-,16-/m0/s1. The van der Waals surface area contributed by atoms with E-state index in [1.54, 1.807) is 27.7 Å². The number of hydrogen-bond acceptors (Lipinski definition) is 5. The number of benzene rings is 1. The third-order valence-electron chi connectivity index (χ3n) is 4.25. The molecule has 0 aromatic heterocycles. The molecule has 7 heteroatoms. The molecule has 2 rings (SSSR count). The van der Waals surface area contributed by atoms with E-state index in [1.807, 2.05) is 30.3 Å². The number of nitrogens with zero attached hydrogens (tertiary/aromatic N) is 1. The molecule has 1 fully saturated rings. The van der Waals surface area contributed by atoms with E-state index in [0.717, 1.165) is 5.56 Å². The highest BCUT2D eigenvalue weighted by molar-refractivity contribution is 5.87. The fraction of sp³-hybridized carbons (Fsp3) is 0.550. The molecule has 1 aliphatic rings. The van der Waals surface area contributed by atoms with E-state index in [1.165, 1.54) is 4.90 Å². The van der Waals surface area contributed by atoms with Crippen molar-refractivity contribution in [3.63, 3.8) is 0 Å². The van der Waals surface area contributed by atoms with Gasteiger partial charge in [-0.2, -0.15) is 0 Å². The van der Waals surface area contributed by atoms with Gasteiger partial charge in [0.15, 0.2) is 5.78 Å². The smallest absolute Gasteiger partial charge is 0.410 e. The Balaban J connectivity index is 2.00. The van der Waals surface area contributed by atoms with Gasteiger partial charge in [-0.15, -0.1) is 0 Å². The molecule has 0 aliphatic carbocycles. The third-order valence-corrected chi connectivity index (χ3v) is 4.25. The van der Waals surface area contributed by atoms with Crippen LogP contribution < -0.4 is 5.32 Å². The number of alkyl carbamates (subject to hydrolysis) is 1. The maximum absolute atomic E-state index is 12.5. The number of nitrogens with one attached hydrogen (secondary N) is 1. The minimum Gasteiger partial charge on any atom is -0.445 e. The molecule has 1 heterocycles. The Morgan fingerprint density at radius 1 is 1.22 bits per heavy atom. The highest BCUT2D eigenvalue weighted by atomic mass is 16.6. The normalized spacial score (nSPS) is 20.6. The van der Waals surface area contributed by atoms with Gasteiger partial charge in [0.1, 0.15) is 12.2 Å². The quantitative estimate of drug-likeness (QED) is 0.875. The fourth-order valence-corrected chi connectivity index (χ4v) is 2.81. The molecule has 148 valence electrons. The van der Waals surface area contributed by atoms with Gasteiger partial charge >= 0.3 is 12.2 Å². The van der Waals surface area contributed by atoms with Gasteiger partial charge in [-0.25, -0.2) is 9.59 Å². The molecule has 2 atom stereocenters. The van der Waals surface area contributed by atoms with Crippen molar-refractivity contribution < 1.29 is 23.9 Å². The first-order chi connectivity index (χ1) is 12.7. The van der Waals surface area contributed by atoms with Crippen molar-refractivity contribution in [3.05, 3.63) is 35.9 Å². The van der Waals surface area contributed by atoms with Gasteiger partial charge in [0, 0.05) is 13.0 Å². The number of rotatable bonds is 3. The Morgan fingerprint density at radius 2 is 1.89 bits per heavy atom. The van der Waals surface area contributed by atoms with E-state index in [0.29, 0.717) is 6.42 Å². The minimum absolute atomic E-state index is 0.0554. The molecule has 0 unspecified atom stereocenters. The number of carbonyl (C=O) groups excluding carboxylic acids is 3. The summed E-state index contributed by atoms with van der Waals surface area (Å²) in [6.45, 7) is 7.33. The second-order valence-electron chi connectivity index (χ2n) is 7.72. The van der Waals surface area contributed by atoms with Crippen molar-refractivity contribution in [2.75, 3.05) is 6.54 Å². The summed E-state index contributed by atoms with van der Waals surface area (Å²) in [6.07, 6.45) is -0.403. The van der Waals surface area contributed by atoms with Gasteiger partial charge < -0.3 is 14.8 Å². The molecule has 27 heavy (non-hydrogen) atoms. The van der Waals surface area contributed by atoms with Gasteiger partial charge in [0.25, 0.3) is 0 Å². The third kappa shape index (κ3) is 6.58. The van der Waals surface area contributed by atoms with Gasteiger partial charge in [-0.3, -0.25) is 9.69 Å².